The number of nitrogens with one attached hydrogen (secondary N) is 2. The fourth-order valence-corrected chi connectivity index (χ4v) is 12.9. The maximum absolute atomic E-state index is 14.1. The molecular weight excluding hydrogens is 913 g/mol. The van der Waals surface area contributed by atoms with Gasteiger partial charge in [0.2, 0.25) is 11.8 Å². The molecule has 0 radical (unpaired) electrons. The summed E-state index contributed by atoms with van der Waals surface area (Å²) in [6.45, 7) is 18.3. The van der Waals surface area contributed by atoms with E-state index in [4.69, 9.17) is 0 Å². The third-order valence-electron chi connectivity index (χ3n) is 17.5. The van der Waals surface area contributed by atoms with Crippen LogP contribution in [0.15, 0.2) is 42.6 Å². The molecule has 12 nitrogen and oxygen atoms in total. The van der Waals surface area contributed by atoms with Crippen molar-refractivity contribution in [3.8, 4) is 0 Å². The number of amides is 2. The van der Waals surface area contributed by atoms with Crippen LogP contribution >= 0.6 is 0 Å². The molecule has 2 aromatic carbocycles. The third kappa shape index (κ3) is 12.8. The van der Waals surface area contributed by atoms with Crippen molar-refractivity contribution in [3.63, 3.8) is 0 Å². The summed E-state index contributed by atoms with van der Waals surface area (Å²) in [7, 11) is 3.61. The van der Waals surface area contributed by atoms with Gasteiger partial charge >= 0.3 is 0 Å². The minimum Gasteiger partial charge on any atom is -0.345 e. The van der Waals surface area contributed by atoms with Crippen LogP contribution in [0.1, 0.15) is 175 Å². The predicted molar refractivity (Wildman–Crippen MR) is 293 cm³/mol. The molecule has 2 N–H and O–H groups in total. The molecule has 398 valence electrons. The van der Waals surface area contributed by atoms with Gasteiger partial charge in [0.15, 0.2) is 11.6 Å². The molecule has 0 spiro atoms. The summed E-state index contributed by atoms with van der Waals surface area (Å²) < 4.78 is 4.43. The lowest BCUT2D eigenvalue weighted by Gasteiger charge is -2.35. The van der Waals surface area contributed by atoms with Crippen molar-refractivity contribution in [2.45, 2.75) is 195 Å². The van der Waals surface area contributed by atoms with Gasteiger partial charge < -0.3 is 29.6 Å². The minimum absolute atomic E-state index is 0.0714. The molecular formula is C61H88N6O6. The number of benzene rings is 2. The normalized spacial score (nSPS) is 20.5. The summed E-state index contributed by atoms with van der Waals surface area (Å²) in [5.41, 5.74) is 6.92. The highest BCUT2D eigenvalue weighted by atomic mass is 16.2. The summed E-state index contributed by atoms with van der Waals surface area (Å²) in [6, 6.07) is 12.3. The van der Waals surface area contributed by atoms with Crippen LogP contribution in [0, 0.1) is 50.4 Å². The van der Waals surface area contributed by atoms with Crippen LogP contribution in [0.5, 0.6) is 0 Å². The molecule has 12 heteroatoms. The van der Waals surface area contributed by atoms with Crippen LogP contribution in [-0.2, 0) is 32.3 Å². The minimum atomic E-state index is -0.236. The molecule has 4 aliphatic rings. The van der Waals surface area contributed by atoms with E-state index < -0.39 is 0 Å². The third-order valence-corrected chi connectivity index (χ3v) is 17.5. The molecule has 2 aliphatic heterocycles. The van der Waals surface area contributed by atoms with Crippen molar-refractivity contribution in [1.82, 2.24) is 29.6 Å². The first-order valence-corrected chi connectivity index (χ1v) is 28.2. The van der Waals surface area contributed by atoms with Crippen LogP contribution in [-0.4, -0.2) is 105 Å². The largest absolute Gasteiger partial charge is 0.345 e. The van der Waals surface area contributed by atoms with Crippen LogP contribution < -0.4 is 10.6 Å². The number of aromatic nitrogens is 2. The van der Waals surface area contributed by atoms with Crippen LogP contribution in [0.3, 0.4) is 0 Å². The molecule has 2 saturated carbocycles. The quantitative estimate of drug-likeness (QED) is 0.0884. The Hall–Kier alpha value is -4.94. The Bertz CT molecular complexity index is 2610. The first kappa shape index (κ1) is 55.8. The van der Waals surface area contributed by atoms with Crippen molar-refractivity contribution in [2.75, 3.05) is 27.2 Å². The van der Waals surface area contributed by atoms with Gasteiger partial charge in [0.25, 0.3) is 0 Å². The van der Waals surface area contributed by atoms with Crippen LogP contribution in [0.4, 0.5) is 0 Å². The van der Waals surface area contributed by atoms with E-state index in [0.717, 1.165) is 140 Å². The van der Waals surface area contributed by atoms with Gasteiger partial charge in [-0.2, -0.15) is 0 Å². The lowest BCUT2D eigenvalue weighted by Crippen LogP contribution is -2.45. The number of likely N-dealkylation sites (tertiary alicyclic amines) is 2. The van der Waals surface area contributed by atoms with Crippen molar-refractivity contribution in [1.29, 1.82) is 0 Å². The van der Waals surface area contributed by atoms with Gasteiger partial charge in [0, 0.05) is 114 Å². The molecule has 2 aromatic heterocycles. The number of fused-ring (bicyclic) bond motifs is 2. The van der Waals surface area contributed by atoms with Crippen molar-refractivity contribution >= 4 is 56.8 Å². The Morgan fingerprint density at radius 2 is 1.05 bits per heavy atom. The topological polar surface area (TPSA) is 143 Å². The predicted octanol–water partition coefficient (Wildman–Crippen LogP) is 10.8. The van der Waals surface area contributed by atoms with Crippen LogP contribution in [0.2, 0.25) is 0 Å². The summed E-state index contributed by atoms with van der Waals surface area (Å²) in [6.07, 6.45) is 17.7. The Morgan fingerprint density at radius 3 is 1.52 bits per heavy atom. The van der Waals surface area contributed by atoms with E-state index in [1.165, 1.54) is 12.8 Å². The molecule has 2 saturated heterocycles. The molecule has 0 unspecified atom stereocenters. The van der Waals surface area contributed by atoms with E-state index in [0.29, 0.717) is 37.8 Å². The zero-order valence-corrected chi connectivity index (χ0v) is 46.1. The van der Waals surface area contributed by atoms with Gasteiger partial charge in [-0.05, 0) is 143 Å². The monoisotopic (exact) mass is 1000 g/mol. The molecule has 73 heavy (non-hydrogen) atoms. The van der Waals surface area contributed by atoms with E-state index in [9.17, 15) is 28.8 Å². The van der Waals surface area contributed by atoms with Gasteiger partial charge in [-0.25, -0.2) is 0 Å². The molecule has 8 rings (SSSR count). The number of rotatable bonds is 19. The summed E-state index contributed by atoms with van der Waals surface area (Å²) in [5, 5.41) is 8.12. The van der Waals surface area contributed by atoms with E-state index in [1.807, 2.05) is 40.8 Å². The summed E-state index contributed by atoms with van der Waals surface area (Å²) in [5.74, 6) is 0.879. The molecule has 4 heterocycles. The van der Waals surface area contributed by atoms with E-state index >= 15 is 0 Å². The Balaban J connectivity index is 0.000000214. The number of hydrogen-bond donors (Lipinski definition) is 2. The maximum Gasteiger partial charge on any atom is 0.226 e. The second-order valence-electron chi connectivity index (χ2n) is 22.9. The highest BCUT2D eigenvalue weighted by Crippen LogP contribution is 2.38. The highest BCUT2D eigenvalue weighted by molar-refractivity contribution is 6.09. The van der Waals surface area contributed by atoms with Gasteiger partial charge in [-0.15, -0.1) is 0 Å². The number of ketones is 4. The van der Waals surface area contributed by atoms with Gasteiger partial charge in [0.1, 0.15) is 11.6 Å². The van der Waals surface area contributed by atoms with Gasteiger partial charge in [0.05, 0.1) is 12.1 Å². The smallest absolute Gasteiger partial charge is 0.226 e. The fraction of sp³-hybridized carbons (Fsp3) is 0.639. The Labute approximate surface area is 436 Å². The van der Waals surface area contributed by atoms with E-state index in [-0.39, 0.29) is 76.9 Å². The summed E-state index contributed by atoms with van der Waals surface area (Å²) >= 11 is 0. The first-order chi connectivity index (χ1) is 34.9. The average molecular weight is 1000 g/mol. The highest BCUT2D eigenvalue weighted by Gasteiger charge is 2.41. The van der Waals surface area contributed by atoms with E-state index in [2.05, 4.69) is 79.8 Å². The maximum atomic E-state index is 14.1. The second kappa shape index (κ2) is 25.1. The van der Waals surface area contributed by atoms with Crippen LogP contribution in [0.25, 0.3) is 21.8 Å². The number of carbonyl (C=O) groups is 6. The molecule has 6 atom stereocenters. The lowest BCUT2D eigenvalue weighted by atomic mass is 9.76. The SMILES string of the molecule is CN[C@@H](C)C(=O)C[C@H](C(=O)N1CCC[C@H]1Cn1c(C)c(C(C)=O)c2cc(C)ccc21)C1CCCCC1.CN[C@@H](C)C(=O)C[C@H](C(=O)N1CCC[C@H]1Cn1cc(C(=O)C(C)C)c2cc(C)ccc21)C1CCCCC1. The van der Waals surface area contributed by atoms with Gasteiger partial charge in [-0.1, -0.05) is 75.6 Å². The molecule has 4 aromatic rings. The fourth-order valence-electron chi connectivity index (χ4n) is 12.9. The molecule has 0 bridgehead atoms. The number of nitrogens with zero attached hydrogens (tertiary/aromatic N) is 4. The Morgan fingerprint density at radius 1 is 0.589 bits per heavy atom. The van der Waals surface area contributed by atoms with E-state index in [1.54, 1.807) is 21.0 Å². The zero-order valence-electron chi connectivity index (χ0n) is 46.1. The molecule has 2 amide bonds. The molecule has 2 aliphatic carbocycles. The summed E-state index contributed by atoms with van der Waals surface area (Å²) in [4.78, 5) is 83.8. The van der Waals surface area contributed by atoms with Crippen molar-refractivity contribution in [2.24, 2.45) is 29.6 Å². The standard InChI is InChI=1S/C31H45N3O3.C30H43N3O3/c1-20(2)30(36)27-19-33(28-14-13-21(3)16-26(27)28)18-24-12-9-15-34(24)31(37)25(17-29(35)22(4)32-5)23-10-7-6-8-11-23;1-19-13-14-27-26(16-19)29(22(4)34)21(3)33(27)18-24-12-9-15-32(24)30(36)25(17-28(35)20(2)31-5)23-10-7-6-8-11-23/h13-14,16,19-20,22-25,32H,6-12,15,17-18H2,1-5H3;13-14,16,20,23-25,31H,6-12,15,17-18H2,1-5H3/t22-,24-,25-;20-,24-,25-/m00/s1. The van der Waals surface area contributed by atoms with Crippen molar-refractivity contribution in [3.05, 3.63) is 70.5 Å². The number of likely N-dealkylation sites (N-methyl/N-ethyl adjacent to an activating group) is 2. The van der Waals surface area contributed by atoms with Gasteiger partial charge in [-0.3, -0.25) is 28.8 Å². The lowest BCUT2D eigenvalue weighted by molar-refractivity contribution is -0.142. The zero-order chi connectivity index (χ0) is 52.7. The molecule has 4 fully saturated rings. The van der Waals surface area contributed by atoms with Crippen molar-refractivity contribution < 1.29 is 28.8 Å². The number of hydrogen-bond acceptors (Lipinski definition) is 8. The average Bonchev–Trinajstić information content (AvgIpc) is 4.19. The second-order valence-corrected chi connectivity index (χ2v) is 22.9. The number of aryl methyl sites for hydroxylation is 2. The first-order valence-electron chi connectivity index (χ1n) is 28.2. The number of carbonyl (C=O) groups excluding carboxylic acids is 6. The Kier molecular flexibility index (Phi) is 19.2. The number of Topliss-reactive ketones (excluding diaryl/α,β-unsaturated/α-hetero) is 4.